The van der Waals surface area contributed by atoms with Gasteiger partial charge in [-0.3, -0.25) is 4.79 Å². The highest BCUT2D eigenvalue weighted by atomic mass is 35.5. The molecule has 1 atom stereocenters. The molecule has 2 aromatic carbocycles. The lowest BCUT2D eigenvalue weighted by Gasteiger charge is -2.45. The van der Waals surface area contributed by atoms with Crippen LogP contribution in [-0.4, -0.2) is 70.1 Å². The first kappa shape index (κ1) is 30.5. The molecule has 3 saturated heterocycles. The molecule has 3 aromatic heterocycles. The van der Waals surface area contributed by atoms with Gasteiger partial charge in [-0.2, -0.15) is 21.6 Å². The number of imidazole rings is 1. The molecule has 3 aliphatic rings. The molecule has 6 heterocycles. The maximum absolute atomic E-state index is 14.7. The molecule has 0 spiro atoms. The molecule has 1 N–H and O–H groups in total. The minimum atomic E-state index is -6.04. The van der Waals surface area contributed by atoms with E-state index >= 15 is 0 Å². The Hall–Kier alpha value is -4.14. The second-order valence-corrected chi connectivity index (χ2v) is 13.7. The highest BCUT2D eigenvalue weighted by Crippen LogP contribution is 2.40. The van der Waals surface area contributed by atoms with E-state index in [2.05, 4.69) is 20.2 Å². The molecule has 0 radical (unpaired) electrons. The highest BCUT2D eigenvalue weighted by molar-refractivity contribution is 7.91. The van der Waals surface area contributed by atoms with Crippen molar-refractivity contribution in [1.29, 1.82) is 0 Å². The van der Waals surface area contributed by atoms with Gasteiger partial charge in [0.05, 0.1) is 42.1 Å². The van der Waals surface area contributed by atoms with Gasteiger partial charge in [0, 0.05) is 18.0 Å². The number of fused-ring (bicyclic) bond motifs is 5. The number of ether oxygens (including phenoxy) is 1. The number of aromatic nitrogens is 4. The van der Waals surface area contributed by atoms with Crippen molar-refractivity contribution in [3.8, 4) is 17.1 Å². The van der Waals surface area contributed by atoms with Crippen LogP contribution in [0, 0.1) is 5.92 Å². The molecule has 2 bridgehead atoms. The van der Waals surface area contributed by atoms with Crippen molar-refractivity contribution in [3.63, 3.8) is 0 Å². The van der Waals surface area contributed by atoms with Gasteiger partial charge in [-0.25, -0.2) is 13.9 Å². The molecular formula is C31H28ClF3N6O4S. The predicted octanol–water partition coefficient (Wildman–Crippen LogP) is 5.33. The predicted molar refractivity (Wildman–Crippen MR) is 169 cm³/mol. The third kappa shape index (κ3) is 5.08. The molecule has 0 unspecified atom stereocenters. The maximum atomic E-state index is 14.7. The van der Waals surface area contributed by atoms with Gasteiger partial charge in [-0.05, 0) is 67.7 Å². The van der Waals surface area contributed by atoms with E-state index in [9.17, 15) is 26.4 Å². The van der Waals surface area contributed by atoms with Gasteiger partial charge in [0.1, 0.15) is 16.5 Å². The lowest BCUT2D eigenvalue weighted by atomic mass is 9.83. The molecule has 10 nitrogen and oxygen atoms in total. The average Bonchev–Trinajstić information content (AvgIpc) is 3.43. The van der Waals surface area contributed by atoms with Crippen molar-refractivity contribution >= 4 is 49.2 Å². The van der Waals surface area contributed by atoms with Crippen molar-refractivity contribution in [2.75, 3.05) is 32.1 Å². The number of nitrogens with zero attached hydrogens (tertiary/aromatic N) is 5. The van der Waals surface area contributed by atoms with Crippen LogP contribution >= 0.6 is 11.6 Å². The summed E-state index contributed by atoms with van der Waals surface area (Å²) < 4.78 is 75.9. The molecule has 3 aliphatic heterocycles. The molecule has 46 heavy (non-hydrogen) atoms. The quantitative estimate of drug-likeness (QED) is 0.231. The van der Waals surface area contributed by atoms with Crippen molar-refractivity contribution in [2.24, 2.45) is 5.92 Å². The molecular weight excluding hydrogens is 645 g/mol. The summed E-state index contributed by atoms with van der Waals surface area (Å²) >= 11 is 6.39. The highest BCUT2D eigenvalue weighted by Gasteiger charge is 2.50. The average molecular weight is 673 g/mol. The Morgan fingerprint density at radius 3 is 2.43 bits per heavy atom. The molecule has 15 heteroatoms. The summed E-state index contributed by atoms with van der Waals surface area (Å²) in [6, 6.07) is 13.9. The van der Waals surface area contributed by atoms with Crippen molar-refractivity contribution in [2.45, 2.75) is 30.9 Å². The van der Waals surface area contributed by atoms with Crippen LogP contribution in [0.5, 0.6) is 5.75 Å². The summed E-state index contributed by atoms with van der Waals surface area (Å²) in [6.45, 7) is 2.49. The van der Waals surface area contributed by atoms with Gasteiger partial charge in [0.2, 0.25) is 0 Å². The van der Waals surface area contributed by atoms with Crippen LogP contribution in [0.3, 0.4) is 0 Å². The number of alkyl halides is 3. The summed E-state index contributed by atoms with van der Waals surface area (Å²) in [5.41, 5.74) is -5.87. The number of methoxy groups -OCH3 is 1. The van der Waals surface area contributed by atoms with E-state index in [1.165, 1.54) is 48.2 Å². The molecule has 0 amide bonds. The number of nitrogens with one attached hydrogen (secondary N) is 1. The Morgan fingerprint density at radius 2 is 1.78 bits per heavy atom. The third-order valence-corrected chi connectivity index (χ3v) is 10.5. The largest absolute Gasteiger partial charge is 0.517 e. The van der Waals surface area contributed by atoms with Gasteiger partial charge in [-0.15, -0.1) is 0 Å². The van der Waals surface area contributed by atoms with Crippen LogP contribution < -0.4 is 15.6 Å². The van der Waals surface area contributed by atoms with Crippen LogP contribution in [0.1, 0.15) is 18.4 Å². The number of halogens is 4. The maximum Gasteiger partial charge on any atom is 0.517 e. The number of anilines is 1. The van der Waals surface area contributed by atoms with Gasteiger partial charge in [0.25, 0.3) is 5.56 Å². The molecule has 240 valence electrons. The van der Waals surface area contributed by atoms with Gasteiger partial charge in [0.15, 0.2) is 5.82 Å². The fraction of sp³-hybridized carbons (Fsp3) is 0.323. The van der Waals surface area contributed by atoms with E-state index in [1.807, 2.05) is 0 Å². The second-order valence-electron chi connectivity index (χ2n) is 11.5. The normalized spacial score (nSPS) is 20.0. The Balaban J connectivity index is 1.56. The lowest BCUT2D eigenvalue weighted by molar-refractivity contribution is -0.0444. The monoisotopic (exact) mass is 672 g/mol. The molecule has 8 rings (SSSR count). The molecule has 5 aromatic rings. The fourth-order valence-corrected chi connectivity index (χ4v) is 7.71. The van der Waals surface area contributed by atoms with E-state index < -0.39 is 26.9 Å². The van der Waals surface area contributed by atoms with Crippen LogP contribution in [-0.2, 0) is 16.6 Å². The third-order valence-electron chi connectivity index (χ3n) is 8.88. The summed E-state index contributed by atoms with van der Waals surface area (Å²) in [4.78, 5) is 25.6. The zero-order valence-electron chi connectivity index (χ0n) is 24.5. The number of hydrogen-bond acceptors (Lipinski definition) is 8. The standard InChI is InChI=1S/C31H28ClF3N6O4S/c1-45-20-8-6-18(7-9-20)16-40-25-15-36-26(32)14-21(25)28(37-23-17-39-12-10-19(23)11-13-39)27(30(40)42)29-38-22-4-2-3-5-24(22)41(29)46(43,44)31(33,34)35/h2-9,14-15,19,23,37H,10-13,16-17H2,1H3/t23-/m1/s1. The summed E-state index contributed by atoms with van der Waals surface area (Å²) in [5, 5.41) is 3.95. The van der Waals surface area contributed by atoms with Crippen LogP contribution in [0.2, 0.25) is 5.15 Å². The smallest absolute Gasteiger partial charge is 0.497 e. The Bertz CT molecular complexity index is 2140. The Labute approximate surface area is 266 Å². The minimum Gasteiger partial charge on any atom is -0.497 e. The second kappa shape index (κ2) is 11.3. The Kier molecular flexibility index (Phi) is 7.48. The number of para-hydroxylation sites is 2. The van der Waals surface area contributed by atoms with E-state index in [0.717, 1.165) is 25.9 Å². The first-order chi connectivity index (χ1) is 22.0. The fourth-order valence-electron chi connectivity index (χ4n) is 6.57. The van der Waals surface area contributed by atoms with Gasteiger partial charge >= 0.3 is 15.5 Å². The number of benzene rings is 2. The van der Waals surface area contributed by atoms with Crippen molar-refractivity contribution in [1.82, 2.24) is 23.4 Å². The molecule has 3 fully saturated rings. The topological polar surface area (TPSA) is 111 Å². The van der Waals surface area contributed by atoms with Crippen molar-refractivity contribution in [3.05, 3.63) is 81.9 Å². The summed E-state index contributed by atoms with van der Waals surface area (Å²) in [6.07, 6.45) is 3.25. The SMILES string of the molecule is COc1ccc(Cn2c(=O)c(-c3nc4ccccc4n3S(=O)(=O)C(F)(F)F)c(N[C@@H]3CN4CCC3CC4)c3cc(Cl)ncc32)cc1. The van der Waals surface area contributed by atoms with Gasteiger partial charge < -0.3 is 19.5 Å². The van der Waals surface area contributed by atoms with E-state index in [-0.39, 0.29) is 49.9 Å². The number of piperidine rings is 3. The first-order valence-electron chi connectivity index (χ1n) is 14.6. The lowest BCUT2D eigenvalue weighted by Crippen LogP contribution is -2.53. The molecule has 0 saturated carbocycles. The van der Waals surface area contributed by atoms with E-state index in [1.54, 1.807) is 24.3 Å². The van der Waals surface area contributed by atoms with E-state index in [4.69, 9.17) is 16.3 Å². The van der Waals surface area contributed by atoms with Crippen LogP contribution in [0.25, 0.3) is 33.3 Å². The van der Waals surface area contributed by atoms with E-state index in [0.29, 0.717) is 28.8 Å². The number of rotatable bonds is 7. The van der Waals surface area contributed by atoms with Gasteiger partial charge in [-0.1, -0.05) is 35.9 Å². The summed E-state index contributed by atoms with van der Waals surface area (Å²) in [7, 11) is -4.51. The van der Waals surface area contributed by atoms with Crippen LogP contribution in [0.4, 0.5) is 18.9 Å². The number of hydrogen-bond donors (Lipinski definition) is 1. The molecule has 0 aliphatic carbocycles. The zero-order valence-corrected chi connectivity index (χ0v) is 26.0. The first-order valence-corrected chi connectivity index (χ1v) is 16.4. The Morgan fingerprint density at radius 1 is 1.07 bits per heavy atom. The van der Waals surface area contributed by atoms with Crippen molar-refractivity contribution < 1.29 is 26.3 Å². The van der Waals surface area contributed by atoms with Crippen LogP contribution in [0.15, 0.2) is 65.6 Å². The number of pyridine rings is 2. The zero-order chi connectivity index (χ0) is 32.4. The minimum absolute atomic E-state index is 0.0119. The summed E-state index contributed by atoms with van der Waals surface area (Å²) in [5.74, 6) is 0.188.